The SMILES string of the molecule is C1C[NH+]=PN1.C1C[NH+]=PN1.C1C[NH+]=PN1.[I-].[I-].[I-]. The maximum Gasteiger partial charge on any atom is 0.303 e. The van der Waals surface area contributed by atoms with Gasteiger partial charge in [0.2, 0.25) is 0 Å². The van der Waals surface area contributed by atoms with Gasteiger partial charge in [0.1, 0.15) is 0 Å². The quantitative estimate of drug-likeness (QED) is 0.117. The number of halogens is 3. The van der Waals surface area contributed by atoms with E-state index in [0.29, 0.717) is 0 Å². The van der Waals surface area contributed by atoms with Crippen LogP contribution >= 0.6 is 25.6 Å². The van der Waals surface area contributed by atoms with E-state index in [4.69, 9.17) is 0 Å². The first-order valence-corrected chi connectivity index (χ1v) is 7.65. The first-order chi connectivity index (χ1) is 7.50. The Bertz CT molecular complexity index is 187. The van der Waals surface area contributed by atoms with E-state index in [-0.39, 0.29) is 71.9 Å². The van der Waals surface area contributed by atoms with Crippen LogP contribution in [0.5, 0.6) is 0 Å². The van der Waals surface area contributed by atoms with E-state index in [9.17, 15) is 0 Å². The van der Waals surface area contributed by atoms with Crippen molar-refractivity contribution in [1.29, 1.82) is 0 Å². The van der Waals surface area contributed by atoms with Gasteiger partial charge in [-0.1, -0.05) is 0 Å². The van der Waals surface area contributed by atoms with Crippen LogP contribution in [0.15, 0.2) is 0 Å². The molecule has 0 radical (unpaired) electrons. The average Bonchev–Trinajstić information content (AvgIpc) is 3.09. The van der Waals surface area contributed by atoms with Crippen molar-refractivity contribution in [2.24, 2.45) is 0 Å². The molecule has 0 aromatic carbocycles. The lowest BCUT2D eigenvalue weighted by Gasteiger charge is -1.64. The minimum Gasteiger partial charge on any atom is -1.00 e. The van der Waals surface area contributed by atoms with Crippen molar-refractivity contribution >= 4 is 25.6 Å². The molecule has 0 amide bonds. The van der Waals surface area contributed by atoms with Crippen LogP contribution in [0.4, 0.5) is 0 Å². The Morgan fingerprint density at radius 1 is 0.556 bits per heavy atom. The van der Waals surface area contributed by atoms with Gasteiger partial charge in [-0.15, -0.1) is 0 Å². The van der Waals surface area contributed by atoms with E-state index in [1.54, 1.807) is 0 Å². The molecule has 0 atom stereocenters. The summed E-state index contributed by atoms with van der Waals surface area (Å²) in [4.78, 5) is 0. The Kier molecular flexibility index (Phi) is 30.5. The fourth-order valence-electron chi connectivity index (χ4n) is 0.839. The molecule has 12 heteroatoms. The molecule has 3 aliphatic rings. The minimum atomic E-state index is 0. The van der Waals surface area contributed by atoms with Crippen molar-refractivity contribution in [1.82, 2.24) is 15.3 Å². The van der Waals surface area contributed by atoms with Gasteiger partial charge in [-0.2, -0.15) is 0 Å². The summed E-state index contributed by atoms with van der Waals surface area (Å²) in [5.74, 6) is 0. The smallest absolute Gasteiger partial charge is 0.303 e. The van der Waals surface area contributed by atoms with Gasteiger partial charge in [-0.25, -0.2) is 29.5 Å². The van der Waals surface area contributed by atoms with Crippen LogP contribution in [0.25, 0.3) is 0 Å². The van der Waals surface area contributed by atoms with Crippen molar-refractivity contribution in [3.05, 3.63) is 0 Å². The molecule has 18 heavy (non-hydrogen) atoms. The Morgan fingerprint density at radius 2 is 0.833 bits per heavy atom. The molecule has 0 saturated carbocycles. The number of rotatable bonds is 0. The Morgan fingerprint density at radius 3 is 0.889 bits per heavy atom. The highest BCUT2D eigenvalue weighted by Crippen LogP contribution is 1.74. The molecule has 0 aromatic heterocycles. The molecule has 0 saturated heterocycles. The Labute approximate surface area is 164 Å². The van der Waals surface area contributed by atoms with E-state index in [1.165, 1.54) is 25.6 Å². The molecule has 3 heterocycles. The molecule has 3 rings (SSSR count). The van der Waals surface area contributed by atoms with E-state index in [0.717, 1.165) is 39.3 Å². The van der Waals surface area contributed by atoms with Crippen molar-refractivity contribution < 1.29 is 86.2 Å². The zero-order chi connectivity index (χ0) is 10.6. The molecule has 0 unspecified atom stereocenters. The standard InChI is InChI=1S/3C2H5N2P.3HI/c3*1-2-4-5-3-1;;;/h3*1-2H2,(H,3,4);3*1H. The molecule has 3 aliphatic heterocycles. The summed E-state index contributed by atoms with van der Waals surface area (Å²) in [5, 5.41) is 9.25. The van der Waals surface area contributed by atoms with E-state index in [1.807, 2.05) is 0 Å². The van der Waals surface area contributed by atoms with Crippen molar-refractivity contribution in [2.45, 2.75) is 0 Å². The lowest BCUT2D eigenvalue weighted by Crippen LogP contribution is -3.00. The zero-order valence-corrected chi connectivity index (χ0v) is 18.9. The summed E-state index contributed by atoms with van der Waals surface area (Å²) >= 11 is 0. The van der Waals surface area contributed by atoms with Crippen molar-refractivity contribution in [3.63, 3.8) is 0 Å². The number of nitrogens with one attached hydrogen (secondary N) is 6. The second-order valence-corrected chi connectivity index (χ2v) is 5.35. The highest BCUT2D eigenvalue weighted by molar-refractivity contribution is 7.21. The van der Waals surface area contributed by atoms with Crippen LogP contribution in [0.3, 0.4) is 0 Å². The van der Waals surface area contributed by atoms with Crippen LogP contribution < -0.4 is 101 Å². The van der Waals surface area contributed by atoms with Crippen LogP contribution in [0, 0.1) is 0 Å². The number of hydrogen-bond acceptors (Lipinski definition) is 3. The second-order valence-electron chi connectivity index (χ2n) is 2.78. The predicted octanol–water partition coefficient (Wildman–Crippen LogP) is -12.8. The topological polar surface area (TPSA) is 78.0 Å². The van der Waals surface area contributed by atoms with Crippen molar-refractivity contribution in [2.75, 3.05) is 39.3 Å². The summed E-state index contributed by atoms with van der Waals surface area (Å²) in [7, 11) is 3.57. The van der Waals surface area contributed by atoms with Gasteiger partial charge in [0.25, 0.3) is 0 Å². The van der Waals surface area contributed by atoms with Gasteiger partial charge in [-0.05, 0) is 0 Å². The van der Waals surface area contributed by atoms with E-state index in [2.05, 4.69) is 29.5 Å². The first-order valence-electron chi connectivity index (χ1n) is 4.96. The highest BCUT2D eigenvalue weighted by atomic mass is 127. The van der Waals surface area contributed by atoms with Gasteiger partial charge in [-0.3, -0.25) is 0 Å². The summed E-state index contributed by atoms with van der Waals surface area (Å²) in [6.07, 6.45) is 0. The molecule has 6 nitrogen and oxygen atoms in total. The highest BCUT2D eigenvalue weighted by Gasteiger charge is 1.94. The average molecular weight is 648 g/mol. The summed E-state index contributed by atoms with van der Waals surface area (Å²) < 4.78 is 9.25. The maximum absolute atomic E-state index is 3.08. The van der Waals surface area contributed by atoms with Crippen LogP contribution in [-0.4, -0.2) is 39.3 Å². The minimum absolute atomic E-state index is 0. The Balaban J connectivity index is -0.000000173. The normalized spacial score (nSPS) is 20.0. The maximum atomic E-state index is 3.08. The molecule has 0 aliphatic carbocycles. The van der Waals surface area contributed by atoms with Crippen LogP contribution in [0.1, 0.15) is 0 Å². The van der Waals surface area contributed by atoms with Gasteiger partial charge < -0.3 is 71.9 Å². The molecular formula is C6H18I3N6P3. The molecule has 0 fully saturated rings. The predicted molar refractivity (Wildman–Crippen MR) is 62.3 cm³/mol. The molecule has 0 bridgehead atoms. The van der Waals surface area contributed by atoms with E-state index < -0.39 is 0 Å². The van der Waals surface area contributed by atoms with Crippen molar-refractivity contribution in [3.8, 4) is 0 Å². The monoisotopic (exact) mass is 648 g/mol. The van der Waals surface area contributed by atoms with Gasteiger partial charge in [0.15, 0.2) is 19.6 Å². The lowest BCUT2D eigenvalue weighted by molar-refractivity contribution is -0.419. The molecular weight excluding hydrogens is 630 g/mol. The molecule has 0 spiro atoms. The lowest BCUT2D eigenvalue weighted by atomic mass is 10.7. The fourth-order valence-corrected chi connectivity index (χ4v) is 2.52. The van der Waals surface area contributed by atoms with Crippen LogP contribution in [0.2, 0.25) is 0 Å². The van der Waals surface area contributed by atoms with Gasteiger partial charge >= 0.3 is 25.6 Å². The summed E-state index contributed by atoms with van der Waals surface area (Å²) in [6.45, 7) is 6.76. The third-order valence-corrected chi connectivity index (χ3v) is 3.81. The molecule has 108 valence electrons. The zero-order valence-electron chi connectivity index (χ0n) is 9.72. The summed E-state index contributed by atoms with van der Waals surface area (Å²) in [5.41, 5.74) is 0. The Hall–Kier alpha value is 2.37. The molecule has 6 N–H and O–H groups in total. The largest absolute Gasteiger partial charge is 1.00 e. The second kappa shape index (κ2) is 21.7. The van der Waals surface area contributed by atoms with Gasteiger partial charge in [0, 0.05) is 0 Å². The number of hydrogen-bond donors (Lipinski definition) is 6. The third kappa shape index (κ3) is 18.4. The fraction of sp³-hybridized carbons (Fsp3) is 1.00. The molecule has 0 aromatic rings. The first kappa shape index (κ1) is 25.3. The third-order valence-electron chi connectivity index (χ3n) is 1.52. The summed E-state index contributed by atoms with van der Waals surface area (Å²) in [6, 6.07) is 0. The van der Waals surface area contributed by atoms with Gasteiger partial charge in [0.05, 0.1) is 19.6 Å². The van der Waals surface area contributed by atoms with E-state index >= 15 is 0 Å². The van der Waals surface area contributed by atoms with Crippen LogP contribution in [-0.2, 0) is 0 Å².